The SMILES string of the molecule is Cc1ccc(-n2[nH]c3c(cnc4cc(Cl)ncc43)c2=O)cc1.Cc1ccc(-n2[nH]c3c(cnc4cccnc43)c2=O)cc1. The molecule has 6 heterocycles. The molecule has 2 aromatic carbocycles. The lowest BCUT2D eigenvalue weighted by molar-refractivity contribution is 0.864. The minimum Gasteiger partial charge on any atom is -0.289 e. The van der Waals surface area contributed by atoms with E-state index >= 15 is 0 Å². The second kappa shape index (κ2) is 10.3. The lowest BCUT2D eigenvalue weighted by Gasteiger charge is -2.01. The summed E-state index contributed by atoms with van der Waals surface area (Å²) in [5, 5.41) is 8.50. The van der Waals surface area contributed by atoms with Crippen molar-refractivity contribution in [2.75, 3.05) is 0 Å². The zero-order chi connectivity index (χ0) is 29.7. The first-order chi connectivity index (χ1) is 20.9. The highest BCUT2D eigenvalue weighted by Crippen LogP contribution is 2.22. The van der Waals surface area contributed by atoms with Crippen LogP contribution in [-0.4, -0.2) is 39.5 Å². The van der Waals surface area contributed by atoms with Gasteiger partial charge in [0.2, 0.25) is 0 Å². The van der Waals surface area contributed by atoms with Crippen molar-refractivity contribution < 1.29 is 0 Å². The minimum absolute atomic E-state index is 0.117. The van der Waals surface area contributed by atoms with Crippen LogP contribution >= 0.6 is 11.6 Å². The van der Waals surface area contributed by atoms with Crippen LogP contribution in [-0.2, 0) is 0 Å². The molecule has 6 aromatic heterocycles. The quantitative estimate of drug-likeness (QED) is 0.247. The molecule has 11 heteroatoms. The first-order valence-corrected chi connectivity index (χ1v) is 13.8. The standard InChI is InChI=1S/C16H11ClN4O.C16H12N4O/c1-9-2-4-10(5-3-9)21-16(22)12-8-18-13-6-14(17)19-7-11(13)15(12)20-21;1-10-4-6-11(7-5-10)20-16(21)12-9-18-13-3-2-8-17-15(13)14(12)19-20/h2-8,20H,1H3;2-9,19H,1H3. The van der Waals surface area contributed by atoms with Gasteiger partial charge in [-0.2, -0.15) is 0 Å². The number of nitrogens with zero attached hydrogens (tertiary/aromatic N) is 6. The molecule has 8 aromatic rings. The number of hydrogen-bond donors (Lipinski definition) is 2. The van der Waals surface area contributed by atoms with Gasteiger partial charge in [-0.25, -0.2) is 14.3 Å². The first-order valence-electron chi connectivity index (χ1n) is 13.4. The van der Waals surface area contributed by atoms with Gasteiger partial charge in [-0.15, -0.1) is 0 Å². The predicted octanol–water partition coefficient (Wildman–Crippen LogP) is 5.79. The van der Waals surface area contributed by atoms with E-state index in [2.05, 4.69) is 30.1 Å². The number of hydrogen-bond acceptors (Lipinski definition) is 6. The Morgan fingerprint density at radius 3 is 1.79 bits per heavy atom. The summed E-state index contributed by atoms with van der Waals surface area (Å²) in [5.41, 5.74) is 7.21. The van der Waals surface area contributed by atoms with Crippen molar-refractivity contribution in [3.8, 4) is 11.4 Å². The van der Waals surface area contributed by atoms with Gasteiger partial charge in [0, 0.05) is 36.2 Å². The number of aromatic nitrogens is 8. The lowest BCUT2D eigenvalue weighted by Crippen LogP contribution is -2.14. The van der Waals surface area contributed by atoms with Crippen LogP contribution in [0.3, 0.4) is 0 Å². The third-order valence-corrected chi connectivity index (χ3v) is 7.45. The highest BCUT2D eigenvalue weighted by atomic mass is 35.5. The average molecular weight is 587 g/mol. The van der Waals surface area contributed by atoms with Gasteiger partial charge in [-0.3, -0.25) is 34.7 Å². The molecule has 43 heavy (non-hydrogen) atoms. The number of pyridine rings is 4. The molecule has 210 valence electrons. The van der Waals surface area contributed by atoms with Crippen LogP contribution in [0, 0.1) is 13.8 Å². The van der Waals surface area contributed by atoms with Crippen molar-refractivity contribution in [2.24, 2.45) is 0 Å². The van der Waals surface area contributed by atoms with Gasteiger partial charge in [0.1, 0.15) is 10.7 Å². The zero-order valence-corrected chi connectivity index (χ0v) is 23.8. The number of aromatic amines is 2. The Morgan fingerprint density at radius 2 is 1.16 bits per heavy atom. The Kier molecular flexibility index (Phi) is 6.32. The van der Waals surface area contributed by atoms with Gasteiger partial charge in [0.05, 0.1) is 44.2 Å². The predicted molar refractivity (Wildman–Crippen MR) is 168 cm³/mol. The maximum Gasteiger partial charge on any atom is 0.280 e. The van der Waals surface area contributed by atoms with Crippen LogP contribution in [0.1, 0.15) is 11.1 Å². The van der Waals surface area contributed by atoms with E-state index in [0.717, 1.165) is 33.4 Å². The molecule has 0 aliphatic carbocycles. The number of H-pyrrole nitrogens is 2. The van der Waals surface area contributed by atoms with Crippen LogP contribution in [0.4, 0.5) is 0 Å². The number of rotatable bonds is 2. The summed E-state index contributed by atoms with van der Waals surface area (Å²) in [6.07, 6.45) is 6.49. The maximum atomic E-state index is 12.6. The number of halogens is 1. The topological polar surface area (TPSA) is 127 Å². The van der Waals surface area contributed by atoms with Crippen molar-refractivity contribution in [1.29, 1.82) is 0 Å². The van der Waals surface area contributed by atoms with Gasteiger partial charge >= 0.3 is 0 Å². The van der Waals surface area contributed by atoms with Crippen LogP contribution in [0.25, 0.3) is 55.1 Å². The highest BCUT2D eigenvalue weighted by molar-refractivity contribution is 6.30. The fourth-order valence-corrected chi connectivity index (χ4v) is 5.11. The fraction of sp³-hybridized carbons (Fsp3) is 0.0625. The Morgan fingerprint density at radius 1 is 0.628 bits per heavy atom. The molecule has 0 spiro atoms. The van der Waals surface area contributed by atoms with Crippen LogP contribution in [0.5, 0.6) is 0 Å². The van der Waals surface area contributed by atoms with Gasteiger partial charge in [0.15, 0.2) is 0 Å². The van der Waals surface area contributed by atoms with E-state index in [0.29, 0.717) is 38.0 Å². The molecule has 0 atom stereocenters. The smallest absolute Gasteiger partial charge is 0.280 e. The van der Waals surface area contributed by atoms with Gasteiger partial charge < -0.3 is 0 Å². The Balaban J connectivity index is 0.000000140. The second-order valence-corrected chi connectivity index (χ2v) is 10.6. The number of benzene rings is 2. The summed E-state index contributed by atoms with van der Waals surface area (Å²) in [5.74, 6) is 0. The Bertz CT molecular complexity index is 2420. The minimum atomic E-state index is -0.136. The molecule has 2 N–H and O–H groups in total. The summed E-state index contributed by atoms with van der Waals surface area (Å²) in [4.78, 5) is 42.1. The van der Waals surface area contributed by atoms with Crippen molar-refractivity contribution in [2.45, 2.75) is 13.8 Å². The molecule has 0 aliphatic rings. The van der Waals surface area contributed by atoms with Gasteiger partial charge in [-0.1, -0.05) is 47.0 Å². The monoisotopic (exact) mass is 586 g/mol. The van der Waals surface area contributed by atoms with Crippen LogP contribution < -0.4 is 11.1 Å². The van der Waals surface area contributed by atoms with Crippen LogP contribution in [0.15, 0.2) is 101 Å². The number of fused-ring (bicyclic) bond motifs is 6. The molecular formula is C32H23ClN8O2. The van der Waals surface area contributed by atoms with E-state index in [9.17, 15) is 9.59 Å². The largest absolute Gasteiger partial charge is 0.289 e. The van der Waals surface area contributed by atoms with Crippen molar-refractivity contribution in [3.63, 3.8) is 0 Å². The van der Waals surface area contributed by atoms with E-state index in [-0.39, 0.29) is 11.1 Å². The molecule has 0 aliphatic heterocycles. The molecule has 0 saturated heterocycles. The van der Waals surface area contributed by atoms with Gasteiger partial charge in [0.25, 0.3) is 11.1 Å². The molecule has 0 saturated carbocycles. The summed E-state index contributed by atoms with van der Waals surface area (Å²) in [6.45, 7) is 4.02. The maximum absolute atomic E-state index is 12.6. The van der Waals surface area contributed by atoms with E-state index < -0.39 is 0 Å². The molecule has 8 rings (SSSR count). The third-order valence-electron chi connectivity index (χ3n) is 7.24. The van der Waals surface area contributed by atoms with E-state index in [1.807, 2.05) is 74.5 Å². The Labute approximate surface area is 248 Å². The van der Waals surface area contributed by atoms with Crippen molar-refractivity contribution >= 4 is 55.3 Å². The van der Waals surface area contributed by atoms with E-state index in [1.165, 1.54) is 9.36 Å². The molecule has 0 amide bonds. The third kappa shape index (κ3) is 4.63. The molecular weight excluding hydrogens is 564 g/mol. The van der Waals surface area contributed by atoms with E-state index in [4.69, 9.17) is 11.6 Å². The molecule has 0 radical (unpaired) electrons. The normalized spacial score (nSPS) is 11.3. The molecule has 0 bridgehead atoms. The lowest BCUT2D eigenvalue weighted by atomic mass is 10.2. The summed E-state index contributed by atoms with van der Waals surface area (Å²) >= 11 is 5.89. The van der Waals surface area contributed by atoms with E-state index in [1.54, 1.807) is 30.9 Å². The number of nitrogens with one attached hydrogen (secondary N) is 2. The fourth-order valence-electron chi connectivity index (χ4n) is 4.96. The van der Waals surface area contributed by atoms with Gasteiger partial charge in [-0.05, 0) is 50.2 Å². The second-order valence-electron chi connectivity index (χ2n) is 10.2. The molecule has 10 nitrogen and oxygen atoms in total. The summed E-state index contributed by atoms with van der Waals surface area (Å²) in [6, 6.07) is 20.9. The first kappa shape index (κ1) is 26.3. The highest BCUT2D eigenvalue weighted by Gasteiger charge is 2.13. The summed E-state index contributed by atoms with van der Waals surface area (Å²) < 4.78 is 3.04. The number of aryl methyl sites for hydroxylation is 2. The molecule has 0 unspecified atom stereocenters. The van der Waals surface area contributed by atoms with Crippen molar-refractivity contribution in [1.82, 2.24) is 39.5 Å². The molecule has 0 fully saturated rings. The zero-order valence-electron chi connectivity index (χ0n) is 23.0. The van der Waals surface area contributed by atoms with Crippen molar-refractivity contribution in [3.05, 3.63) is 129 Å². The summed E-state index contributed by atoms with van der Waals surface area (Å²) in [7, 11) is 0. The average Bonchev–Trinajstić information content (AvgIpc) is 3.55. The van der Waals surface area contributed by atoms with Crippen LogP contribution in [0.2, 0.25) is 5.15 Å². The Hall–Kier alpha value is -5.61.